The molecular formula is C18H23ClN6S. The minimum atomic E-state index is 0.401. The van der Waals surface area contributed by atoms with E-state index in [0.717, 1.165) is 24.5 Å². The van der Waals surface area contributed by atoms with E-state index in [9.17, 15) is 0 Å². The molecule has 0 aromatic carbocycles. The van der Waals surface area contributed by atoms with E-state index in [-0.39, 0.29) is 0 Å². The van der Waals surface area contributed by atoms with Gasteiger partial charge >= 0.3 is 0 Å². The summed E-state index contributed by atoms with van der Waals surface area (Å²) in [5.41, 5.74) is 1.04. The van der Waals surface area contributed by atoms with Gasteiger partial charge in [-0.1, -0.05) is 31.5 Å². The first-order valence-corrected chi connectivity index (χ1v) is 9.51. The molecule has 3 heterocycles. The first-order chi connectivity index (χ1) is 12.5. The lowest BCUT2D eigenvalue weighted by molar-refractivity contribution is 0.355. The van der Waals surface area contributed by atoms with Gasteiger partial charge in [-0.05, 0) is 42.1 Å². The van der Waals surface area contributed by atoms with Crippen molar-refractivity contribution in [1.82, 2.24) is 20.3 Å². The summed E-state index contributed by atoms with van der Waals surface area (Å²) in [6.45, 7) is 7.06. The summed E-state index contributed by atoms with van der Waals surface area (Å²) in [6.07, 6.45) is 4.77. The Morgan fingerprint density at radius 2 is 2.08 bits per heavy atom. The Hall–Kier alpha value is -1.99. The predicted molar refractivity (Wildman–Crippen MR) is 109 cm³/mol. The van der Waals surface area contributed by atoms with Crippen LogP contribution in [0.1, 0.15) is 25.8 Å². The zero-order chi connectivity index (χ0) is 18.5. The van der Waals surface area contributed by atoms with Gasteiger partial charge < -0.3 is 15.5 Å². The van der Waals surface area contributed by atoms with Gasteiger partial charge in [-0.15, -0.1) is 0 Å². The van der Waals surface area contributed by atoms with E-state index in [4.69, 9.17) is 23.8 Å². The molecule has 0 radical (unpaired) electrons. The average molecular weight is 391 g/mol. The van der Waals surface area contributed by atoms with Crippen LogP contribution in [0.5, 0.6) is 0 Å². The third kappa shape index (κ3) is 5.25. The molecule has 1 saturated heterocycles. The number of pyridine rings is 1. The highest BCUT2D eigenvalue weighted by Crippen LogP contribution is 2.27. The minimum absolute atomic E-state index is 0.401. The van der Waals surface area contributed by atoms with Crippen molar-refractivity contribution in [2.75, 3.05) is 23.3 Å². The molecule has 138 valence electrons. The molecule has 2 N–H and O–H groups in total. The number of nitrogens with zero attached hydrogens (tertiary/aromatic N) is 4. The van der Waals surface area contributed by atoms with E-state index >= 15 is 0 Å². The van der Waals surface area contributed by atoms with Gasteiger partial charge in [-0.3, -0.25) is 4.98 Å². The van der Waals surface area contributed by atoms with Crippen LogP contribution in [0.15, 0.2) is 30.6 Å². The summed E-state index contributed by atoms with van der Waals surface area (Å²) >= 11 is 11.5. The Labute approximate surface area is 164 Å². The zero-order valence-corrected chi connectivity index (χ0v) is 16.5. The van der Waals surface area contributed by atoms with Crippen molar-refractivity contribution in [2.24, 2.45) is 11.8 Å². The first kappa shape index (κ1) is 18.8. The fourth-order valence-electron chi connectivity index (χ4n) is 3.30. The zero-order valence-electron chi connectivity index (χ0n) is 14.9. The van der Waals surface area contributed by atoms with Crippen LogP contribution >= 0.6 is 23.8 Å². The molecule has 0 unspecified atom stereocenters. The Bertz CT molecular complexity index is 747. The maximum Gasteiger partial charge on any atom is 0.232 e. The summed E-state index contributed by atoms with van der Waals surface area (Å²) in [5.74, 6) is 2.50. The van der Waals surface area contributed by atoms with E-state index < -0.39 is 0 Å². The number of rotatable bonds is 4. The summed E-state index contributed by atoms with van der Waals surface area (Å²) in [4.78, 5) is 15.2. The molecule has 0 spiro atoms. The van der Waals surface area contributed by atoms with E-state index in [0.29, 0.717) is 34.6 Å². The molecule has 0 aliphatic carbocycles. The summed E-state index contributed by atoms with van der Waals surface area (Å²) in [7, 11) is 0. The van der Waals surface area contributed by atoms with Crippen LogP contribution in [0, 0.1) is 11.8 Å². The predicted octanol–water partition coefficient (Wildman–Crippen LogP) is 3.49. The lowest BCUT2D eigenvalue weighted by Crippen LogP contribution is -2.39. The number of nitrogens with one attached hydrogen (secondary N) is 2. The Balaban J connectivity index is 1.64. The van der Waals surface area contributed by atoms with E-state index in [2.05, 4.69) is 44.3 Å². The van der Waals surface area contributed by atoms with Crippen LogP contribution < -0.4 is 15.5 Å². The second kappa shape index (κ2) is 8.60. The van der Waals surface area contributed by atoms with E-state index in [1.165, 1.54) is 6.42 Å². The third-order valence-corrected chi connectivity index (χ3v) is 4.72. The molecule has 1 fully saturated rings. The Morgan fingerprint density at radius 3 is 2.77 bits per heavy atom. The van der Waals surface area contributed by atoms with Gasteiger partial charge in [-0.2, -0.15) is 4.98 Å². The Kier molecular flexibility index (Phi) is 6.21. The van der Waals surface area contributed by atoms with Crippen molar-refractivity contribution in [3.63, 3.8) is 0 Å². The maximum atomic E-state index is 6.21. The summed E-state index contributed by atoms with van der Waals surface area (Å²) in [6, 6.07) is 5.68. The SMILES string of the molecule is C[C@@H]1C[C@H](C)CN(c2cc(Cl)nc(NC(=S)NCc3cccnc3)n2)C1. The number of piperidine rings is 1. The number of hydrogen-bond donors (Lipinski definition) is 2. The molecule has 26 heavy (non-hydrogen) atoms. The van der Waals surface area contributed by atoms with Crippen LogP contribution in [0.2, 0.25) is 5.15 Å². The van der Waals surface area contributed by atoms with Crippen molar-refractivity contribution in [3.05, 3.63) is 41.3 Å². The van der Waals surface area contributed by atoms with E-state index in [1.807, 2.05) is 18.2 Å². The van der Waals surface area contributed by atoms with Crippen LogP contribution in [0.3, 0.4) is 0 Å². The molecule has 0 bridgehead atoms. The second-order valence-corrected chi connectivity index (χ2v) is 7.69. The normalized spacial score (nSPS) is 19.9. The van der Waals surface area contributed by atoms with Crippen molar-refractivity contribution in [2.45, 2.75) is 26.8 Å². The van der Waals surface area contributed by atoms with Crippen LogP contribution in [0.25, 0.3) is 0 Å². The number of thiocarbonyl (C=S) groups is 1. The highest BCUT2D eigenvalue weighted by molar-refractivity contribution is 7.80. The standard InChI is InChI=1S/C18H23ClN6S/c1-12-6-13(2)11-25(10-12)16-7-15(19)22-17(23-16)24-18(26)21-9-14-4-3-5-20-8-14/h3-5,7-8,12-13H,6,9-11H2,1-2H3,(H2,21,22,23,24,26)/t12-,13+. The molecule has 2 atom stereocenters. The molecule has 3 rings (SSSR count). The van der Waals surface area contributed by atoms with Crippen molar-refractivity contribution in [3.8, 4) is 0 Å². The summed E-state index contributed by atoms with van der Waals surface area (Å²) < 4.78 is 0. The topological polar surface area (TPSA) is 66.0 Å². The van der Waals surface area contributed by atoms with Crippen molar-refractivity contribution < 1.29 is 0 Å². The monoisotopic (exact) mass is 390 g/mol. The lowest BCUT2D eigenvalue weighted by atomic mass is 9.92. The number of halogens is 1. The quantitative estimate of drug-likeness (QED) is 0.611. The fraction of sp³-hybridized carbons (Fsp3) is 0.444. The molecule has 1 aliphatic heterocycles. The molecule has 2 aromatic heterocycles. The molecule has 0 saturated carbocycles. The average Bonchev–Trinajstić information content (AvgIpc) is 2.59. The van der Waals surface area contributed by atoms with Gasteiger partial charge in [-0.25, -0.2) is 4.98 Å². The Morgan fingerprint density at radius 1 is 1.31 bits per heavy atom. The van der Waals surface area contributed by atoms with Crippen molar-refractivity contribution >= 4 is 40.7 Å². The third-order valence-electron chi connectivity index (χ3n) is 4.28. The first-order valence-electron chi connectivity index (χ1n) is 8.73. The van der Waals surface area contributed by atoms with Gasteiger partial charge in [0.2, 0.25) is 5.95 Å². The molecule has 0 amide bonds. The van der Waals surface area contributed by atoms with Gasteiger partial charge in [0.05, 0.1) is 0 Å². The lowest BCUT2D eigenvalue weighted by Gasteiger charge is -2.35. The highest BCUT2D eigenvalue weighted by atomic mass is 35.5. The molecule has 6 nitrogen and oxygen atoms in total. The van der Waals surface area contributed by atoms with E-state index in [1.54, 1.807) is 12.4 Å². The fourth-order valence-corrected chi connectivity index (χ4v) is 3.65. The van der Waals surface area contributed by atoms with Gasteiger partial charge in [0.15, 0.2) is 5.11 Å². The van der Waals surface area contributed by atoms with Crippen LogP contribution in [-0.2, 0) is 6.54 Å². The van der Waals surface area contributed by atoms with Gasteiger partial charge in [0, 0.05) is 38.1 Å². The molecule has 2 aromatic rings. The molecular weight excluding hydrogens is 368 g/mol. The second-order valence-electron chi connectivity index (χ2n) is 6.89. The molecule has 1 aliphatic rings. The summed E-state index contributed by atoms with van der Waals surface area (Å²) in [5, 5.41) is 6.99. The minimum Gasteiger partial charge on any atom is -0.358 e. The van der Waals surface area contributed by atoms with Gasteiger partial charge in [0.25, 0.3) is 0 Å². The molecule has 8 heteroatoms. The smallest absolute Gasteiger partial charge is 0.232 e. The number of hydrogen-bond acceptors (Lipinski definition) is 5. The number of anilines is 2. The highest BCUT2D eigenvalue weighted by Gasteiger charge is 2.23. The van der Waals surface area contributed by atoms with Crippen LogP contribution in [0.4, 0.5) is 11.8 Å². The van der Waals surface area contributed by atoms with Crippen molar-refractivity contribution in [1.29, 1.82) is 0 Å². The van der Waals surface area contributed by atoms with Gasteiger partial charge in [0.1, 0.15) is 11.0 Å². The largest absolute Gasteiger partial charge is 0.358 e. The maximum absolute atomic E-state index is 6.21. The van der Waals surface area contributed by atoms with Crippen LogP contribution in [-0.4, -0.2) is 33.2 Å². The number of aromatic nitrogens is 3.